The lowest BCUT2D eigenvalue weighted by atomic mass is 9.91. The van der Waals surface area contributed by atoms with E-state index in [9.17, 15) is 19.2 Å². The van der Waals surface area contributed by atoms with E-state index in [1.165, 1.54) is 21.6 Å². The summed E-state index contributed by atoms with van der Waals surface area (Å²) in [5.74, 6) is -0.667. The van der Waals surface area contributed by atoms with E-state index >= 15 is 0 Å². The molecule has 7 aliphatic heterocycles. The van der Waals surface area contributed by atoms with E-state index in [1.54, 1.807) is 9.80 Å². The minimum Gasteiger partial charge on any atom is -0.455 e. The lowest BCUT2D eigenvalue weighted by Crippen LogP contribution is -2.76. The molecule has 0 radical (unpaired) electrons. The molecular weight excluding hydrogens is 532 g/mol. The van der Waals surface area contributed by atoms with Gasteiger partial charge in [0.25, 0.3) is 11.8 Å². The third-order valence-electron chi connectivity index (χ3n) is 9.00. The van der Waals surface area contributed by atoms with E-state index < -0.39 is 21.9 Å². The maximum absolute atomic E-state index is 14.4. The number of fused-ring (bicyclic) bond motifs is 7. The molecule has 2 bridgehead atoms. The molecule has 0 saturated carbocycles. The fourth-order valence-corrected chi connectivity index (χ4v) is 11.1. The fourth-order valence-electron chi connectivity index (χ4n) is 7.36. The van der Waals surface area contributed by atoms with Gasteiger partial charge in [0.15, 0.2) is 9.74 Å². The quantitative estimate of drug-likeness (QED) is 0.206. The van der Waals surface area contributed by atoms with Crippen LogP contribution in [-0.2, 0) is 38.1 Å². The van der Waals surface area contributed by atoms with Crippen molar-refractivity contribution in [3.8, 4) is 0 Å². The highest BCUT2D eigenvalue weighted by Crippen LogP contribution is 2.71. The van der Waals surface area contributed by atoms with Crippen LogP contribution in [0.1, 0.15) is 52.4 Å². The smallest absolute Gasteiger partial charge is 0.306 e. The normalized spacial score (nSPS) is 46.2. The van der Waals surface area contributed by atoms with Crippen molar-refractivity contribution in [2.45, 2.75) is 111 Å². The zero-order valence-electron chi connectivity index (χ0n) is 21.0. The number of epoxide rings is 2. The number of ether oxygens (including phenoxy) is 4. The van der Waals surface area contributed by atoms with Crippen LogP contribution in [0.4, 0.5) is 0 Å². The van der Waals surface area contributed by atoms with Gasteiger partial charge in [-0.1, -0.05) is 35.4 Å². The van der Waals surface area contributed by atoms with Gasteiger partial charge in [0.2, 0.25) is 0 Å². The van der Waals surface area contributed by atoms with Crippen LogP contribution in [0.2, 0.25) is 0 Å². The van der Waals surface area contributed by atoms with Crippen molar-refractivity contribution in [2.24, 2.45) is 0 Å². The summed E-state index contributed by atoms with van der Waals surface area (Å²) in [6.07, 6.45) is 4.61. The number of amides is 2. The van der Waals surface area contributed by atoms with Crippen LogP contribution in [0.25, 0.3) is 0 Å². The van der Waals surface area contributed by atoms with Gasteiger partial charge in [-0.2, -0.15) is 0 Å². The average molecular weight is 561 g/mol. The van der Waals surface area contributed by atoms with Crippen LogP contribution < -0.4 is 0 Å². The van der Waals surface area contributed by atoms with Crippen molar-refractivity contribution in [1.29, 1.82) is 0 Å². The summed E-state index contributed by atoms with van der Waals surface area (Å²) in [5.41, 5.74) is 1.88. The Bertz CT molecular complexity index is 1160. The van der Waals surface area contributed by atoms with E-state index in [1.807, 2.05) is 26.0 Å². The maximum atomic E-state index is 14.4. The van der Waals surface area contributed by atoms with Crippen LogP contribution in [0.3, 0.4) is 0 Å². The Hall–Kier alpha value is -2.02. The Morgan fingerprint density at radius 1 is 0.816 bits per heavy atom. The standard InChI is InChI=1S/C26H28N2O8S2/c1-3-5-15(29)33-13-7-11-9-25-23(31)28-18-12(8-14(20-22(18)36-20)34-16(30)6-4-2)10-26(28,38-37-25)24(32)27(25)17(11)21-19(13)35-21/h7-8,13-14,17-22H,3-6,9-10H2,1-2H3/t13-,14-,17?,18?,19-,20-,21+,22+,25?,26?/m0/s1. The highest BCUT2D eigenvalue weighted by atomic mass is 33.1. The topological polar surface area (TPSA) is 118 Å². The zero-order chi connectivity index (χ0) is 26.1. The van der Waals surface area contributed by atoms with Crippen molar-refractivity contribution in [1.82, 2.24) is 9.80 Å². The Labute approximate surface area is 227 Å². The summed E-state index contributed by atoms with van der Waals surface area (Å²) in [6, 6.07) is -0.649. The van der Waals surface area contributed by atoms with Gasteiger partial charge in [-0.3, -0.25) is 19.2 Å². The molecule has 0 aromatic rings. The van der Waals surface area contributed by atoms with Gasteiger partial charge in [0.05, 0.1) is 12.1 Å². The van der Waals surface area contributed by atoms with Gasteiger partial charge in [0, 0.05) is 25.7 Å². The molecule has 10 atom stereocenters. The molecular formula is C26H28N2O8S2. The Morgan fingerprint density at radius 2 is 1.24 bits per heavy atom. The third kappa shape index (κ3) is 2.90. The number of carbonyl (C=O) groups excluding carboxylic acids is 4. The van der Waals surface area contributed by atoms with Crippen molar-refractivity contribution < 1.29 is 38.1 Å². The van der Waals surface area contributed by atoms with Crippen LogP contribution in [0.15, 0.2) is 23.3 Å². The molecule has 2 aliphatic carbocycles. The molecule has 12 heteroatoms. The van der Waals surface area contributed by atoms with E-state index in [-0.39, 0.29) is 60.3 Å². The Balaban J connectivity index is 1.12. The molecule has 10 nitrogen and oxygen atoms in total. The largest absolute Gasteiger partial charge is 0.455 e. The fraction of sp³-hybridized carbons (Fsp3) is 0.692. The summed E-state index contributed by atoms with van der Waals surface area (Å²) in [5, 5.41) is 0. The van der Waals surface area contributed by atoms with Crippen LogP contribution in [-0.4, -0.2) is 92.0 Å². The maximum Gasteiger partial charge on any atom is 0.306 e. The highest BCUT2D eigenvalue weighted by molar-refractivity contribution is 8.78. The first-order chi connectivity index (χ1) is 18.3. The Kier molecular flexibility index (Phi) is 4.89. The van der Waals surface area contributed by atoms with Gasteiger partial charge >= 0.3 is 11.9 Å². The minimum absolute atomic E-state index is 0.0723. The van der Waals surface area contributed by atoms with Crippen molar-refractivity contribution in [2.75, 3.05) is 0 Å². The molecule has 0 aromatic heterocycles. The van der Waals surface area contributed by atoms with Crippen LogP contribution in [0.5, 0.6) is 0 Å². The molecule has 7 saturated heterocycles. The second kappa shape index (κ2) is 7.80. The number of hydrogen-bond acceptors (Lipinski definition) is 10. The predicted molar refractivity (Wildman–Crippen MR) is 134 cm³/mol. The monoisotopic (exact) mass is 560 g/mol. The first-order valence-corrected chi connectivity index (χ1v) is 15.6. The molecule has 38 heavy (non-hydrogen) atoms. The number of hydrogen-bond donors (Lipinski definition) is 0. The molecule has 9 rings (SSSR count). The molecule has 2 spiro atoms. The SMILES string of the molecule is CCCC(=O)O[C@H]1C=C2CC34SSC5(CC6=C[C@H](OC(=O)CCC)[C@@H]7O[C@@H]7C6N5C3=O)C(=O)N4C2[C@H]2O[C@@H]12. The summed E-state index contributed by atoms with van der Waals surface area (Å²) >= 11 is 0. The lowest BCUT2D eigenvalue weighted by Gasteiger charge is -2.58. The van der Waals surface area contributed by atoms with Gasteiger partial charge in [-0.25, -0.2) is 0 Å². The Morgan fingerprint density at radius 3 is 1.63 bits per heavy atom. The van der Waals surface area contributed by atoms with Gasteiger partial charge in [-0.05, 0) is 36.1 Å². The van der Waals surface area contributed by atoms with Gasteiger partial charge < -0.3 is 28.7 Å². The number of esters is 2. The molecule has 9 aliphatic rings. The van der Waals surface area contributed by atoms with Crippen molar-refractivity contribution in [3.63, 3.8) is 0 Å². The predicted octanol–water partition coefficient (Wildman–Crippen LogP) is 1.83. The first-order valence-electron chi connectivity index (χ1n) is 13.5. The van der Waals surface area contributed by atoms with Crippen molar-refractivity contribution >= 4 is 45.3 Å². The average Bonchev–Trinajstić information content (AvgIpc) is 3.78. The summed E-state index contributed by atoms with van der Waals surface area (Å²) < 4.78 is 23.3. The third-order valence-corrected chi connectivity index (χ3v) is 12.6. The molecule has 2 amide bonds. The van der Waals surface area contributed by atoms with E-state index in [0.717, 1.165) is 11.1 Å². The molecule has 7 fully saturated rings. The minimum atomic E-state index is -1.05. The highest BCUT2D eigenvalue weighted by Gasteiger charge is 2.80. The molecule has 7 heterocycles. The first kappa shape index (κ1) is 23.8. The summed E-state index contributed by atoms with van der Waals surface area (Å²) in [4.78, 5) is 54.5. The van der Waals surface area contributed by atoms with Crippen molar-refractivity contribution in [3.05, 3.63) is 23.3 Å². The number of piperazine rings is 1. The molecule has 4 unspecified atom stereocenters. The number of rotatable bonds is 6. The van der Waals surface area contributed by atoms with E-state index in [0.29, 0.717) is 38.5 Å². The molecule has 202 valence electrons. The zero-order valence-corrected chi connectivity index (χ0v) is 22.6. The van der Waals surface area contributed by atoms with Gasteiger partial charge in [0.1, 0.15) is 36.6 Å². The van der Waals surface area contributed by atoms with Crippen LogP contribution >= 0.6 is 21.6 Å². The number of carbonyl (C=O) groups is 4. The number of nitrogens with zero attached hydrogens (tertiary/aromatic N) is 2. The van der Waals surface area contributed by atoms with Gasteiger partial charge in [-0.15, -0.1) is 0 Å². The summed E-state index contributed by atoms with van der Waals surface area (Å²) in [6.45, 7) is 3.85. The van der Waals surface area contributed by atoms with Crippen LogP contribution in [0, 0.1) is 0 Å². The van der Waals surface area contributed by atoms with E-state index in [2.05, 4.69) is 0 Å². The second-order valence-corrected chi connectivity index (χ2v) is 14.0. The summed E-state index contributed by atoms with van der Waals surface area (Å²) in [7, 11) is 2.94. The molecule has 0 N–H and O–H groups in total. The second-order valence-electron chi connectivity index (χ2n) is 11.4. The lowest BCUT2D eigenvalue weighted by molar-refractivity contribution is -0.166. The molecule has 0 aromatic carbocycles. The van der Waals surface area contributed by atoms with E-state index in [4.69, 9.17) is 18.9 Å².